The highest BCUT2D eigenvalue weighted by Crippen LogP contribution is 2.28. The molecule has 0 atom stereocenters. The number of halogens is 1. The third kappa shape index (κ3) is 8.64. The Kier molecular flexibility index (Phi) is 13.4. The van der Waals surface area contributed by atoms with Crippen LogP contribution < -0.4 is 29.6 Å². The van der Waals surface area contributed by atoms with Crippen LogP contribution in [-0.4, -0.2) is 54.0 Å². The average Bonchev–Trinajstić information content (AvgIpc) is 2.81. The summed E-state index contributed by atoms with van der Waals surface area (Å²) in [6, 6.07) is 12.0. The van der Waals surface area contributed by atoms with Crippen molar-refractivity contribution >= 4 is 29.9 Å². The molecule has 2 aromatic rings. The summed E-state index contributed by atoms with van der Waals surface area (Å²) in [6.45, 7) is 4.39. The van der Waals surface area contributed by atoms with Gasteiger partial charge in [-0.25, -0.2) is 0 Å². The van der Waals surface area contributed by atoms with Crippen LogP contribution in [0.2, 0.25) is 0 Å². The summed E-state index contributed by atoms with van der Waals surface area (Å²) in [4.78, 5) is 4.69. The maximum absolute atomic E-state index is 5.38. The first-order chi connectivity index (χ1) is 15.1. The molecule has 178 valence electrons. The summed E-state index contributed by atoms with van der Waals surface area (Å²) in [6.07, 6.45) is 2.73. The van der Waals surface area contributed by atoms with Crippen LogP contribution in [-0.2, 0) is 12.8 Å². The van der Waals surface area contributed by atoms with Crippen molar-refractivity contribution in [2.75, 3.05) is 48.1 Å². The van der Waals surface area contributed by atoms with Gasteiger partial charge in [-0.2, -0.15) is 0 Å². The predicted molar refractivity (Wildman–Crippen MR) is 141 cm³/mol. The number of aryl methyl sites for hydroxylation is 1. The zero-order valence-corrected chi connectivity index (χ0v) is 22.0. The van der Waals surface area contributed by atoms with Gasteiger partial charge < -0.3 is 29.6 Å². The molecule has 8 heteroatoms. The molecule has 0 saturated carbocycles. The van der Waals surface area contributed by atoms with Crippen molar-refractivity contribution in [2.24, 2.45) is 4.99 Å². The van der Waals surface area contributed by atoms with Crippen molar-refractivity contribution in [3.05, 3.63) is 47.5 Å². The van der Waals surface area contributed by atoms with Gasteiger partial charge in [-0.15, -0.1) is 24.0 Å². The van der Waals surface area contributed by atoms with Gasteiger partial charge in [-0.05, 0) is 61.6 Å². The number of ether oxygens (including phenoxy) is 4. The Morgan fingerprint density at radius 1 is 0.750 bits per heavy atom. The molecular formula is C24H36IN3O4. The fourth-order valence-corrected chi connectivity index (χ4v) is 3.21. The highest BCUT2D eigenvalue weighted by Gasteiger charge is 2.06. The topological polar surface area (TPSA) is 73.3 Å². The van der Waals surface area contributed by atoms with Crippen molar-refractivity contribution in [2.45, 2.75) is 26.2 Å². The second kappa shape index (κ2) is 15.4. The Hall–Kier alpha value is -2.36. The van der Waals surface area contributed by atoms with Gasteiger partial charge in [0.05, 0.1) is 28.4 Å². The number of guanidine groups is 1. The molecule has 0 amide bonds. The summed E-state index contributed by atoms with van der Waals surface area (Å²) < 4.78 is 21.3. The van der Waals surface area contributed by atoms with E-state index in [0.717, 1.165) is 67.9 Å². The monoisotopic (exact) mass is 557 g/mol. The summed E-state index contributed by atoms with van der Waals surface area (Å²) in [7, 11) is 6.59. The van der Waals surface area contributed by atoms with Gasteiger partial charge in [-0.1, -0.05) is 12.1 Å². The molecule has 0 saturated heterocycles. The molecule has 32 heavy (non-hydrogen) atoms. The number of aliphatic imine (C=N–C) groups is 1. The minimum Gasteiger partial charge on any atom is -0.493 e. The standard InChI is InChI=1S/C24H35N3O4.HI/c1-6-25-24(27-15-13-19-10-12-21(29-3)23(17-19)31-5)26-14-7-8-18-9-11-20(28-2)22(16-18)30-4;/h9-12,16-17H,6-8,13-15H2,1-5H3,(H2,25,26,27);1H. The third-order valence-corrected chi connectivity index (χ3v) is 4.84. The number of nitrogens with one attached hydrogen (secondary N) is 2. The van der Waals surface area contributed by atoms with Crippen molar-refractivity contribution in [3.63, 3.8) is 0 Å². The highest BCUT2D eigenvalue weighted by molar-refractivity contribution is 14.0. The fraction of sp³-hybridized carbons (Fsp3) is 0.458. The molecule has 2 N–H and O–H groups in total. The number of benzene rings is 2. The normalized spacial score (nSPS) is 10.7. The van der Waals surface area contributed by atoms with Crippen LogP contribution in [0, 0.1) is 0 Å². The second-order valence-electron chi connectivity index (χ2n) is 6.92. The summed E-state index contributed by atoms with van der Waals surface area (Å²) in [5, 5.41) is 6.70. The average molecular weight is 557 g/mol. The Morgan fingerprint density at radius 2 is 1.28 bits per heavy atom. The molecule has 0 aliphatic carbocycles. The van der Waals surface area contributed by atoms with Crippen LogP contribution in [0.15, 0.2) is 41.4 Å². The summed E-state index contributed by atoms with van der Waals surface area (Å²) >= 11 is 0. The van der Waals surface area contributed by atoms with Gasteiger partial charge in [0, 0.05) is 19.6 Å². The van der Waals surface area contributed by atoms with Crippen molar-refractivity contribution in [3.8, 4) is 23.0 Å². The molecule has 2 aromatic carbocycles. The van der Waals surface area contributed by atoms with Crippen molar-refractivity contribution in [1.29, 1.82) is 0 Å². The molecule has 0 spiro atoms. The minimum atomic E-state index is 0. The van der Waals surface area contributed by atoms with E-state index < -0.39 is 0 Å². The van der Waals surface area contributed by atoms with Gasteiger partial charge >= 0.3 is 0 Å². The second-order valence-corrected chi connectivity index (χ2v) is 6.92. The van der Waals surface area contributed by atoms with Crippen molar-refractivity contribution < 1.29 is 18.9 Å². The lowest BCUT2D eigenvalue weighted by Gasteiger charge is -2.13. The first-order valence-corrected chi connectivity index (χ1v) is 10.6. The van der Waals surface area contributed by atoms with E-state index in [2.05, 4.69) is 29.7 Å². The van der Waals surface area contributed by atoms with E-state index >= 15 is 0 Å². The van der Waals surface area contributed by atoms with Crippen LogP contribution in [0.5, 0.6) is 23.0 Å². The van der Waals surface area contributed by atoms with E-state index in [9.17, 15) is 0 Å². The number of hydrogen-bond donors (Lipinski definition) is 2. The van der Waals surface area contributed by atoms with Crippen LogP contribution >= 0.6 is 24.0 Å². The molecule has 2 rings (SSSR count). The Morgan fingerprint density at radius 3 is 1.78 bits per heavy atom. The molecule has 0 unspecified atom stereocenters. The van der Waals surface area contributed by atoms with E-state index in [1.54, 1.807) is 28.4 Å². The van der Waals surface area contributed by atoms with Gasteiger partial charge in [0.25, 0.3) is 0 Å². The lowest BCUT2D eigenvalue weighted by Crippen LogP contribution is -2.38. The number of nitrogens with zero attached hydrogens (tertiary/aromatic N) is 1. The van der Waals surface area contributed by atoms with E-state index in [1.807, 2.05) is 24.3 Å². The highest BCUT2D eigenvalue weighted by atomic mass is 127. The Bertz CT molecular complexity index is 846. The smallest absolute Gasteiger partial charge is 0.191 e. The molecular weight excluding hydrogens is 521 g/mol. The Balaban J connectivity index is 0.00000512. The quantitative estimate of drug-likeness (QED) is 0.178. The van der Waals surface area contributed by atoms with Crippen LogP contribution in [0.3, 0.4) is 0 Å². The van der Waals surface area contributed by atoms with Gasteiger partial charge in [0.2, 0.25) is 0 Å². The lowest BCUT2D eigenvalue weighted by molar-refractivity contribution is 0.354. The van der Waals surface area contributed by atoms with E-state index in [0.29, 0.717) is 0 Å². The molecule has 0 bridgehead atoms. The first-order valence-electron chi connectivity index (χ1n) is 10.6. The van der Waals surface area contributed by atoms with Gasteiger partial charge in [-0.3, -0.25) is 4.99 Å². The number of rotatable bonds is 12. The zero-order chi connectivity index (χ0) is 22.5. The van der Waals surface area contributed by atoms with Crippen LogP contribution in [0.4, 0.5) is 0 Å². The van der Waals surface area contributed by atoms with Gasteiger partial charge in [0.1, 0.15) is 0 Å². The molecule has 0 aliphatic rings. The summed E-state index contributed by atoms with van der Waals surface area (Å²) in [5.41, 5.74) is 2.38. The SMILES string of the molecule is CCNC(=NCCCc1ccc(OC)c(OC)c1)NCCc1ccc(OC)c(OC)c1.I. The fourth-order valence-electron chi connectivity index (χ4n) is 3.21. The third-order valence-electron chi connectivity index (χ3n) is 4.84. The molecule has 7 nitrogen and oxygen atoms in total. The molecule has 0 aliphatic heterocycles. The molecule has 0 aromatic heterocycles. The molecule has 0 radical (unpaired) electrons. The lowest BCUT2D eigenvalue weighted by atomic mass is 10.1. The first kappa shape index (κ1) is 27.7. The maximum Gasteiger partial charge on any atom is 0.191 e. The number of methoxy groups -OCH3 is 4. The Labute approximate surface area is 208 Å². The largest absolute Gasteiger partial charge is 0.493 e. The van der Waals surface area contributed by atoms with Crippen LogP contribution in [0.25, 0.3) is 0 Å². The minimum absolute atomic E-state index is 0. The van der Waals surface area contributed by atoms with E-state index in [-0.39, 0.29) is 24.0 Å². The summed E-state index contributed by atoms with van der Waals surface area (Å²) in [5.74, 6) is 3.82. The maximum atomic E-state index is 5.38. The van der Waals surface area contributed by atoms with E-state index in [1.165, 1.54) is 11.1 Å². The zero-order valence-electron chi connectivity index (χ0n) is 19.7. The molecule has 0 fully saturated rings. The van der Waals surface area contributed by atoms with E-state index in [4.69, 9.17) is 23.9 Å². The van der Waals surface area contributed by atoms with Gasteiger partial charge in [0.15, 0.2) is 29.0 Å². The predicted octanol–water partition coefficient (Wildman–Crippen LogP) is 4.07. The molecule has 0 heterocycles. The van der Waals surface area contributed by atoms with Crippen LogP contribution in [0.1, 0.15) is 24.5 Å². The van der Waals surface area contributed by atoms with Crippen molar-refractivity contribution in [1.82, 2.24) is 10.6 Å². The number of hydrogen-bond acceptors (Lipinski definition) is 5.